The Morgan fingerprint density at radius 1 is 1.00 bits per heavy atom. The lowest BCUT2D eigenvalue weighted by Crippen LogP contribution is -2.13. The third kappa shape index (κ3) is 6.68. The van der Waals surface area contributed by atoms with Crippen molar-refractivity contribution in [1.82, 2.24) is 0 Å². The van der Waals surface area contributed by atoms with Crippen molar-refractivity contribution < 1.29 is 19.0 Å². The average Bonchev–Trinajstić information content (AvgIpc) is 2.47. The Hall–Kier alpha value is -1.39. The fourth-order valence-corrected chi connectivity index (χ4v) is 1.62. The van der Waals surface area contributed by atoms with Crippen LogP contribution in [0, 0.1) is 0 Å². The Labute approximate surface area is 121 Å². The van der Waals surface area contributed by atoms with Crippen LogP contribution in [0.2, 0.25) is 0 Å². The zero-order valence-electron chi connectivity index (χ0n) is 12.4. The number of rotatable bonds is 11. The molecule has 0 aliphatic rings. The Kier molecular flexibility index (Phi) is 8.67. The maximum absolute atomic E-state index is 11.8. The molecule has 0 aliphatic heterocycles. The molecule has 0 N–H and O–H groups in total. The van der Waals surface area contributed by atoms with Crippen molar-refractivity contribution in [2.45, 2.75) is 26.7 Å². The van der Waals surface area contributed by atoms with Crippen LogP contribution < -0.4 is 4.74 Å². The zero-order valence-corrected chi connectivity index (χ0v) is 12.4. The molecule has 0 aliphatic carbocycles. The summed E-state index contributed by atoms with van der Waals surface area (Å²) in [6.07, 6.45) is 2.18. The molecule has 4 heteroatoms. The Bertz CT molecular complexity index is 373. The predicted molar refractivity (Wildman–Crippen MR) is 78.5 cm³/mol. The van der Waals surface area contributed by atoms with E-state index in [4.69, 9.17) is 14.2 Å². The van der Waals surface area contributed by atoms with Crippen molar-refractivity contribution in [3.8, 4) is 5.75 Å². The number of ether oxygens (including phenoxy) is 3. The first-order valence-electron chi connectivity index (χ1n) is 7.19. The summed E-state index contributed by atoms with van der Waals surface area (Å²) in [5.74, 6) is 0.746. The highest BCUT2D eigenvalue weighted by atomic mass is 16.5. The van der Waals surface area contributed by atoms with Crippen LogP contribution in [-0.4, -0.2) is 38.8 Å². The first kappa shape index (κ1) is 16.7. The first-order chi connectivity index (χ1) is 9.77. The second-order valence-corrected chi connectivity index (χ2v) is 4.40. The van der Waals surface area contributed by atoms with Gasteiger partial charge in [-0.15, -0.1) is 0 Å². The van der Waals surface area contributed by atoms with Gasteiger partial charge in [-0.3, -0.25) is 4.79 Å². The number of hydrogen-bond acceptors (Lipinski definition) is 4. The molecule has 1 aromatic rings. The van der Waals surface area contributed by atoms with Gasteiger partial charge in [0.15, 0.2) is 5.78 Å². The monoisotopic (exact) mass is 280 g/mol. The molecule has 0 spiro atoms. The summed E-state index contributed by atoms with van der Waals surface area (Å²) in [7, 11) is 0. The third-order valence-corrected chi connectivity index (χ3v) is 2.73. The molecule has 0 saturated heterocycles. The largest absolute Gasteiger partial charge is 0.494 e. The van der Waals surface area contributed by atoms with Crippen LogP contribution in [0.1, 0.15) is 37.0 Å². The van der Waals surface area contributed by atoms with Crippen LogP contribution in [0.5, 0.6) is 5.75 Å². The van der Waals surface area contributed by atoms with E-state index in [0.717, 1.165) is 25.2 Å². The van der Waals surface area contributed by atoms with Gasteiger partial charge in [-0.05, 0) is 37.6 Å². The van der Waals surface area contributed by atoms with E-state index >= 15 is 0 Å². The number of carbonyl (C=O) groups excluding carboxylic acids is 1. The SMILES string of the molecule is CCCCOCCOCC(=O)c1ccc(OCC)cc1. The molecule has 1 aromatic carbocycles. The van der Waals surface area contributed by atoms with Crippen LogP contribution in [-0.2, 0) is 9.47 Å². The van der Waals surface area contributed by atoms with E-state index in [0.29, 0.717) is 25.4 Å². The highest BCUT2D eigenvalue weighted by Gasteiger charge is 2.06. The van der Waals surface area contributed by atoms with Gasteiger partial charge in [-0.25, -0.2) is 0 Å². The molecule has 20 heavy (non-hydrogen) atoms. The molecule has 0 bridgehead atoms. The number of hydrogen-bond donors (Lipinski definition) is 0. The maximum Gasteiger partial charge on any atom is 0.188 e. The average molecular weight is 280 g/mol. The summed E-state index contributed by atoms with van der Waals surface area (Å²) in [6, 6.07) is 7.11. The van der Waals surface area contributed by atoms with E-state index in [-0.39, 0.29) is 12.4 Å². The summed E-state index contributed by atoms with van der Waals surface area (Å²) in [5, 5.41) is 0. The van der Waals surface area contributed by atoms with Crippen molar-refractivity contribution in [2.24, 2.45) is 0 Å². The highest BCUT2D eigenvalue weighted by molar-refractivity contribution is 5.97. The Balaban J connectivity index is 2.18. The van der Waals surface area contributed by atoms with Crippen LogP contribution in [0.3, 0.4) is 0 Å². The van der Waals surface area contributed by atoms with Gasteiger partial charge in [0.1, 0.15) is 12.4 Å². The normalized spacial score (nSPS) is 10.5. The molecule has 0 aromatic heterocycles. The molecule has 112 valence electrons. The van der Waals surface area contributed by atoms with E-state index < -0.39 is 0 Å². The smallest absolute Gasteiger partial charge is 0.188 e. The minimum atomic E-state index is -0.0263. The van der Waals surface area contributed by atoms with Crippen LogP contribution in [0.4, 0.5) is 0 Å². The number of Topliss-reactive ketones (excluding diaryl/α,β-unsaturated/α-hetero) is 1. The minimum Gasteiger partial charge on any atom is -0.494 e. The summed E-state index contributed by atoms with van der Waals surface area (Å²) >= 11 is 0. The van der Waals surface area contributed by atoms with Crippen molar-refractivity contribution >= 4 is 5.78 Å². The topological polar surface area (TPSA) is 44.8 Å². The molecule has 0 saturated carbocycles. The molecule has 0 atom stereocenters. The summed E-state index contributed by atoms with van der Waals surface area (Å²) < 4.78 is 16.0. The van der Waals surface area contributed by atoms with Gasteiger partial charge in [-0.2, -0.15) is 0 Å². The van der Waals surface area contributed by atoms with E-state index in [1.165, 1.54) is 0 Å². The van der Waals surface area contributed by atoms with Gasteiger partial charge in [-0.1, -0.05) is 13.3 Å². The number of unbranched alkanes of at least 4 members (excludes halogenated alkanes) is 1. The third-order valence-electron chi connectivity index (χ3n) is 2.73. The molecule has 1 rings (SSSR count). The van der Waals surface area contributed by atoms with Gasteiger partial charge < -0.3 is 14.2 Å². The summed E-state index contributed by atoms with van der Waals surface area (Å²) in [6.45, 7) is 6.50. The summed E-state index contributed by atoms with van der Waals surface area (Å²) in [5.41, 5.74) is 0.639. The molecular weight excluding hydrogens is 256 g/mol. The molecule has 0 amide bonds. The van der Waals surface area contributed by atoms with E-state index in [9.17, 15) is 4.79 Å². The van der Waals surface area contributed by atoms with Gasteiger partial charge in [0.2, 0.25) is 0 Å². The van der Waals surface area contributed by atoms with Gasteiger partial charge in [0, 0.05) is 12.2 Å². The van der Waals surface area contributed by atoms with Crippen LogP contribution in [0.15, 0.2) is 24.3 Å². The Morgan fingerprint density at radius 2 is 1.70 bits per heavy atom. The fourth-order valence-electron chi connectivity index (χ4n) is 1.62. The van der Waals surface area contributed by atoms with Gasteiger partial charge in [0.25, 0.3) is 0 Å². The highest BCUT2D eigenvalue weighted by Crippen LogP contribution is 2.12. The minimum absolute atomic E-state index is 0.0263. The standard InChI is InChI=1S/C16H24O4/c1-3-5-10-18-11-12-19-13-16(17)14-6-8-15(9-7-14)20-4-2/h6-9H,3-5,10-13H2,1-2H3. The van der Waals surface area contributed by atoms with E-state index in [1.54, 1.807) is 24.3 Å². The maximum atomic E-state index is 11.8. The number of carbonyl (C=O) groups is 1. The van der Waals surface area contributed by atoms with Crippen LogP contribution >= 0.6 is 0 Å². The van der Waals surface area contributed by atoms with Crippen molar-refractivity contribution in [1.29, 1.82) is 0 Å². The summed E-state index contributed by atoms with van der Waals surface area (Å²) in [4.78, 5) is 11.8. The van der Waals surface area contributed by atoms with E-state index in [2.05, 4.69) is 6.92 Å². The molecule has 0 heterocycles. The van der Waals surface area contributed by atoms with E-state index in [1.807, 2.05) is 6.92 Å². The molecule has 0 fully saturated rings. The lowest BCUT2D eigenvalue weighted by atomic mass is 10.1. The Morgan fingerprint density at radius 3 is 2.35 bits per heavy atom. The number of ketones is 1. The number of benzene rings is 1. The second-order valence-electron chi connectivity index (χ2n) is 4.40. The van der Waals surface area contributed by atoms with Crippen LogP contribution in [0.25, 0.3) is 0 Å². The molecule has 0 unspecified atom stereocenters. The lowest BCUT2D eigenvalue weighted by molar-refractivity contribution is 0.0432. The molecule has 4 nitrogen and oxygen atoms in total. The molecule has 0 radical (unpaired) electrons. The molecular formula is C16H24O4. The first-order valence-corrected chi connectivity index (χ1v) is 7.19. The quantitative estimate of drug-likeness (QED) is 0.461. The van der Waals surface area contributed by atoms with Crippen molar-refractivity contribution in [3.05, 3.63) is 29.8 Å². The second kappa shape index (κ2) is 10.4. The fraction of sp³-hybridized carbons (Fsp3) is 0.562. The van der Waals surface area contributed by atoms with Crippen molar-refractivity contribution in [2.75, 3.05) is 33.0 Å². The van der Waals surface area contributed by atoms with Crippen molar-refractivity contribution in [3.63, 3.8) is 0 Å². The van der Waals surface area contributed by atoms with Gasteiger partial charge in [0.05, 0.1) is 19.8 Å². The zero-order chi connectivity index (χ0) is 14.6. The van der Waals surface area contributed by atoms with Gasteiger partial charge >= 0.3 is 0 Å². The lowest BCUT2D eigenvalue weighted by Gasteiger charge is -2.06. The predicted octanol–water partition coefficient (Wildman–Crippen LogP) is 3.10.